The highest BCUT2D eigenvalue weighted by atomic mass is 79.9. The fourth-order valence-corrected chi connectivity index (χ4v) is 2.88. The van der Waals surface area contributed by atoms with Gasteiger partial charge in [-0.05, 0) is 31.0 Å². The minimum atomic E-state index is -0.296. The van der Waals surface area contributed by atoms with Crippen LogP contribution in [0.25, 0.3) is 0 Å². The van der Waals surface area contributed by atoms with Gasteiger partial charge in [0.25, 0.3) is 5.91 Å². The molecule has 6 heteroatoms. The van der Waals surface area contributed by atoms with Gasteiger partial charge in [-0.3, -0.25) is 9.59 Å². The summed E-state index contributed by atoms with van der Waals surface area (Å²) in [6.07, 6.45) is 2.09. The molecule has 0 radical (unpaired) electrons. The Balaban J connectivity index is 1.91. The molecule has 4 nitrogen and oxygen atoms in total. The van der Waals surface area contributed by atoms with Crippen LogP contribution < -0.4 is 5.32 Å². The Morgan fingerprint density at radius 3 is 2.58 bits per heavy atom. The van der Waals surface area contributed by atoms with Crippen molar-refractivity contribution in [3.05, 3.63) is 33.3 Å². The summed E-state index contributed by atoms with van der Waals surface area (Å²) in [5.74, 6) is -0.331. The normalized spacial score (nSPS) is 14.5. The number of hydrogen-bond donors (Lipinski definition) is 1. The molecule has 0 atom stereocenters. The number of nitrogens with zero attached hydrogens (tertiary/aromatic N) is 1. The molecule has 19 heavy (non-hydrogen) atoms. The molecule has 2 amide bonds. The van der Waals surface area contributed by atoms with Crippen molar-refractivity contribution in [2.75, 3.05) is 19.6 Å². The number of benzene rings is 1. The van der Waals surface area contributed by atoms with E-state index in [9.17, 15) is 9.59 Å². The second-order valence-corrected chi connectivity index (χ2v) is 5.78. The molecule has 102 valence electrons. The first-order valence-corrected chi connectivity index (χ1v) is 7.25. The van der Waals surface area contributed by atoms with E-state index in [1.54, 1.807) is 23.1 Å². The number of nitrogens with one attached hydrogen (secondary N) is 1. The van der Waals surface area contributed by atoms with Crippen molar-refractivity contribution >= 4 is 39.3 Å². The fraction of sp³-hybridized carbons (Fsp3) is 0.385. The van der Waals surface area contributed by atoms with Crippen LogP contribution >= 0.6 is 27.5 Å². The summed E-state index contributed by atoms with van der Waals surface area (Å²) >= 11 is 9.15. The van der Waals surface area contributed by atoms with Crippen molar-refractivity contribution in [3.8, 4) is 0 Å². The van der Waals surface area contributed by atoms with Gasteiger partial charge in [-0.2, -0.15) is 0 Å². The standard InChI is InChI=1S/C13H14BrClN2O2/c14-10-5-9(6-11(15)7-10)13(19)16-8-12(18)17-3-1-2-4-17/h5-7H,1-4,8H2,(H,16,19). The van der Waals surface area contributed by atoms with Crippen LogP contribution in [0.2, 0.25) is 5.02 Å². The van der Waals surface area contributed by atoms with Gasteiger partial charge >= 0.3 is 0 Å². The van der Waals surface area contributed by atoms with Crippen molar-refractivity contribution in [2.24, 2.45) is 0 Å². The molecule has 1 fully saturated rings. The van der Waals surface area contributed by atoms with Gasteiger partial charge in [0, 0.05) is 28.1 Å². The Hall–Kier alpha value is -1.07. The number of carbonyl (C=O) groups is 2. The quantitative estimate of drug-likeness (QED) is 0.915. The largest absolute Gasteiger partial charge is 0.343 e. The van der Waals surface area contributed by atoms with Gasteiger partial charge in [-0.1, -0.05) is 27.5 Å². The zero-order valence-corrected chi connectivity index (χ0v) is 12.6. The average molecular weight is 346 g/mol. The molecule has 2 rings (SSSR count). The Morgan fingerprint density at radius 1 is 1.26 bits per heavy atom. The summed E-state index contributed by atoms with van der Waals surface area (Å²) in [6.45, 7) is 1.61. The molecule has 1 aliphatic rings. The molecule has 0 unspecified atom stereocenters. The highest BCUT2D eigenvalue weighted by Crippen LogP contribution is 2.19. The van der Waals surface area contributed by atoms with Crippen molar-refractivity contribution in [3.63, 3.8) is 0 Å². The predicted molar refractivity (Wildman–Crippen MR) is 77.3 cm³/mol. The topological polar surface area (TPSA) is 49.4 Å². The van der Waals surface area contributed by atoms with Gasteiger partial charge in [-0.15, -0.1) is 0 Å². The highest BCUT2D eigenvalue weighted by molar-refractivity contribution is 9.10. The molecule has 1 aromatic carbocycles. The molecule has 0 spiro atoms. The maximum atomic E-state index is 11.9. The van der Waals surface area contributed by atoms with E-state index in [1.165, 1.54) is 0 Å². The minimum Gasteiger partial charge on any atom is -0.343 e. The molecule has 1 N–H and O–H groups in total. The SMILES string of the molecule is O=C(NCC(=O)N1CCCC1)c1cc(Cl)cc(Br)c1. The minimum absolute atomic E-state index is 0.0307. The van der Waals surface area contributed by atoms with Crippen molar-refractivity contribution in [1.82, 2.24) is 10.2 Å². The molecular weight excluding hydrogens is 332 g/mol. The number of carbonyl (C=O) groups excluding carboxylic acids is 2. The molecule has 0 saturated carbocycles. The van der Waals surface area contributed by atoms with Gasteiger partial charge < -0.3 is 10.2 Å². The lowest BCUT2D eigenvalue weighted by molar-refractivity contribution is -0.129. The van der Waals surface area contributed by atoms with E-state index in [4.69, 9.17) is 11.6 Å². The van der Waals surface area contributed by atoms with Crippen molar-refractivity contribution in [1.29, 1.82) is 0 Å². The van der Waals surface area contributed by atoms with Crippen LogP contribution in [0.3, 0.4) is 0 Å². The van der Waals surface area contributed by atoms with Crippen LogP contribution in [0.15, 0.2) is 22.7 Å². The molecule has 0 aliphatic carbocycles. The van der Waals surface area contributed by atoms with Crippen molar-refractivity contribution in [2.45, 2.75) is 12.8 Å². The van der Waals surface area contributed by atoms with E-state index in [2.05, 4.69) is 21.2 Å². The Labute approximate surface area is 125 Å². The molecule has 0 aromatic heterocycles. The van der Waals surface area contributed by atoms with Crippen LogP contribution in [0.5, 0.6) is 0 Å². The van der Waals surface area contributed by atoms with Gasteiger partial charge in [0.1, 0.15) is 0 Å². The first kappa shape index (κ1) is 14.3. The van der Waals surface area contributed by atoms with E-state index < -0.39 is 0 Å². The van der Waals surface area contributed by atoms with Crippen LogP contribution in [-0.4, -0.2) is 36.3 Å². The van der Waals surface area contributed by atoms with Crippen LogP contribution in [-0.2, 0) is 4.79 Å². The third kappa shape index (κ3) is 3.94. The lowest BCUT2D eigenvalue weighted by atomic mass is 10.2. The highest BCUT2D eigenvalue weighted by Gasteiger charge is 2.18. The summed E-state index contributed by atoms with van der Waals surface area (Å²) in [4.78, 5) is 25.5. The third-order valence-corrected chi connectivity index (χ3v) is 3.66. The zero-order chi connectivity index (χ0) is 13.8. The second kappa shape index (κ2) is 6.39. The van der Waals surface area contributed by atoms with Gasteiger partial charge in [0.15, 0.2) is 0 Å². The van der Waals surface area contributed by atoms with E-state index >= 15 is 0 Å². The molecule has 1 saturated heterocycles. The van der Waals surface area contributed by atoms with E-state index in [0.29, 0.717) is 10.6 Å². The maximum absolute atomic E-state index is 11.9. The van der Waals surface area contributed by atoms with Crippen LogP contribution in [0, 0.1) is 0 Å². The summed E-state index contributed by atoms with van der Waals surface area (Å²) in [5.41, 5.74) is 0.439. The van der Waals surface area contributed by atoms with Gasteiger partial charge in [-0.25, -0.2) is 0 Å². The number of likely N-dealkylation sites (tertiary alicyclic amines) is 1. The molecule has 1 aromatic rings. The van der Waals surface area contributed by atoms with Gasteiger partial charge in [0.2, 0.25) is 5.91 Å². The number of halogens is 2. The fourth-order valence-electron chi connectivity index (χ4n) is 2.02. The van der Waals surface area contributed by atoms with E-state index in [-0.39, 0.29) is 18.4 Å². The average Bonchev–Trinajstić information content (AvgIpc) is 2.88. The smallest absolute Gasteiger partial charge is 0.251 e. The summed E-state index contributed by atoms with van der Waals surface area (Å²) in [6, 6.07) is 4.94. The molecule has 1 heterocycles. The number of rotatable bonds is 3. The van der Waals surface area contributed by atoms with Crippen molar-refractivity contribution < 1.29 is 9.59 Å². The van der Waals surface area contributed by atoms with Crippen LogP contribution in [0.1, 0.15) is 23.2 Å². The molecule has 1 aliphatic heterocycles. The lowest BCUT2D eigenvalue weighted by Crippen LogP contribution is -2.38. The monoisotopic (exact) mass is 344 g/mol. The maximum Gasteiger partial charge on any atom is 0.251 e. The number of amides is 2. The number of hydrogen-bond acceptors (Lipinski definition) is 2. The Kier molecular flexibility index (Phi) is 4.82. The Bertz CT molecular complexity index is 481. The summed E-state index contributed by atoms with van der Waals surface area (Å²) < 4.78 is 0.732. The predicted octanol–water partition coefficient (Wildman–Crippen LogP) is 2.45. The lowest BCUT2D eigenvalue weighted by Gasteiger charge is -2.15. The molecule has 0 bridgehead atoms. The van der Waals surface area contributed by atoms with E-state index in [0.717, 1.165) is 30.4 Å². The third-order valence-electron chi connectivity index (χ3n) is 2.98. The summed E-state index contributed by atoms with van der Waals surface area (Å²) in [7, 11) is 0. The molecular formula is C13H14BrClN2O2. The van der Waals surface area contributed by atoms with Gasteiger partial charge in [0.05, 0.1) is 6.54 Å². The Morgan fingerprint density at radius 2 is 1.95 bits per heavy atom. The second-order valence-electron chi connectivity index (χ2n) is 4.43. The summed E-state index contributed by atoms with van der Waals surface area (Å²) in [5, 5.41) is 3.10. The first-order valence-electron chi connectivity index (χ1n) is 6.08. The van der Waals surface area contributed by atoms with E-state index in [1.807, 2.05) is 0 Å². The first-order chi connectivity index (χ1) is 9.06. The van der Waals surface area contributed by atoms with Crippen LogP contribution in [0.4, 0.5) is 0 Å². The zero-order valence-electron chi connectivity index (χ0n) is 10.3.